The number of rotatable bonds is 9. The molecule has 0 bridgehead atoms. The maximum Gasteiger partial charge on any atom is 0.387 e. The molecule has 0 atom stereocenters. The molecule has 0 aromatic heterocycles. The summed E-state index contributed by atoms with van der Waals surface area (Å²) in [7, 11) is 1.39. The summed E-state index contributed by atoms with van der Waals surface area (Å²) in [5, 5.41) is 5.20. The summed E-state index contributed by atoms with van der Waals surface area (Å²) < 4.78 is 34.5. The van der Waals surface area contributed by atoms with E-state index in [1.54, 1.807) is 12.1 Å². The lowest BCUT2D eigenvalue weighted by molar-refractivity contribution is -0.121. The zero-order valence-electron chi connectivity index (χ0n) is 16.2. The quantitative estimate of drug-likeness (QED) is 0.565. The van der Waals surface area contributed by atoms with Gasteiger partial charge in [0.15, 0.2) is 11.5 Å². The number of halogens is 2. The predicted octanol–water partition coefficient (Wildman–Crippen LogP) is 4.74. The van der Waals surface area contributed by atoms with Gasteiger partial charge < -0.3 is 14.8 Å². The van der Waals surface area contributed by atoms with Crippen molar-refractivity contribution < 1.29 is 23.0 Å². The monoisotopic (exact) mass is 399 g/mol. The van der Waals surface area contributed by atoms with E-state index >= 15 is 0 Å². The van der Waals surface area contributed by atoms with Crippen LogP contribution in [0.25, 0.3) is 10.8 Å². The normalized spacial score (nSPS) is 10.9. The molecule has 4 nitrogen and oxygen atoms in total. The maximum atomic E-state index is 12.5. The second kappa shape index (κ2) is 9.87. The lowest BCUT2D eigenvalue weighted by Crippen LogP contribution is -2.25. The number of ether oxygens (including phenoxy) is 2. The van der Waals surface area contributed by atoms with Crippen LogP contribution >= 0.6 is 0 Å². The molecule has 1 amide bonds. The van der Waals surface area contributed by atoms with Crippen molar-refractivity contribution in [1.82, 2.24) is 5.32 Å². The van der Waals surface area contributed by atoms with Crippen molar-refractivity contribution in [3.05, 3.63) is 71.8 Å². The molecule has 0 radical (unpaired) electrons. The molecule has 3 rings (SSSR count). The average Bonchev–Trinajstić information content (AvgIpc) is 2.72. The fourth-order valence-corrected chi connectivity index (χ4v) is 3.15. The van der Waals surface area contributed by atoms with Crippen molar-refractivity contribution >= 4 is 16.7 Å². The highest BCUT2D eigenvalue weighted by Crippen LogP contribution is 2.29. The van der Waals surface area contributed by atoms with Crippen LogP contribution in [0.15, 0.2) is 60.7 Å². The van der Waals surface area contributed by atoms with Gasteiger partial charge in [0.25, 0.3) is 0 Å². The largest absolute Gasteiger partial charge is 0.493 e. The molecule has 29 heavy (non-hydrogen) atoms. The molecule has 0 unspecified atom stereocenters. The van der Waals surface area contributed by atoms with E-state index in [1.165, 1.54) is 18.6 Å². The first-order valence-corrected chi connectivity index (χ1v) is 9.41. The van der Waals surface area contributed by atoms with Crippen LogP contribution in [0.4, 0.5) is 8.78 Å². The number of hydrogen-bond donors (Lipinski definition) is 1. The van der Waals surface area contributed by atoms with Gasteiger partial charge in [-0.05, 0) is 46.9 Å². The summed E-state index contributed by atoms with van der Waals surface area (Å²) in [5.41, 5.74) is 1.89. The molecule has 0 aliphatic heterocycles. The van der Waals surface area contributed by atoms with Crippen LogP contribution in [0.3, 0.4) is 0 Å². The second-order valence-corrected chi connectivity index (χ2v) is 6.65. The Bertz CT molecular complexity index is 975. The SMILES string of the molecule is COc1ccc(CCNC(=O)CCc2ccc3ccccc3c2)cc1OC(F)F. The zero-order chi connectivity index (χ0) is 20.6. The second-order valence-electron chi connectivity index (χ2n) is 6.65. The molecule has 6 heteroatoms. The third-order valence-electron chi connectivity index (χ3n) is 4.63. The number of hydrogen-bond acceptors (Lipinski definition) is 3. The molecule has 1 N–H and O–H groups in total. The molecule has 0 fully saturated rings. The van der Waals surface area contributed by atoms with Crippen LogP contribution in [0.2, 0.25) is 0 Å². The summed E-state index contributed by atoms with van der Waals surface area (Å²) in [6.07, 6.45) is 1.55. The number of alkyl halides is 2. The Morgan fingerprint density at radius 3 is 2.41 bits per heavy atom. The summed E-state index contributed by atoms with van der Waals surface area (Å²) in [6, 6.07) is 19.2. The Morgan fingerprint density at radius 1 is 0.931 bits per heavy atom. The van der Waals surface area contributed by atoms with Crippen LogP contribution in [0.5, 0.6) is 11.5 Å². The van der Waals surface area contributed by atoms with Crippen LogP contribution < -0.4 is 14.8 Å². The molecule has 0 saturated carbocycles. The lowest BCUT2D eigenvalue weighted by Gasteiger charge is -2.12. The van der Waals surface area contributed by atoms with Crippen molar-refractivity contribution in [3.63, 3.8) is 0 Å². The van der Waals surface area contributed by atoms with Crippen LogP contribution in [-0.4, -0.2) is 26.2 Å². The molecule has 0 saturated heterocycles. The van der Waals surface area contributed by atoms with Crippen molar-refractivity contribution in [2.75, 3.05) is 13.7 Å². The third-order valence-corrected chi connectivity index (χ3v) is 4.63. The van der Waals surface area contributed by atoms with Crippen LogP contribution in [-0.2, 0) is 17.6 Å². The van der Waals surface area contributed by atoms with Crippen LogP contribution in [0.1, 0.15) is 17.5 Å². The van der Waals surface area contributed by atoms with Gasteiger partial charge in [0.1, 0.15) is 0 Å². The molecular weight excluding hydrogens is 376 g/mol. The Morgan fingerprint density at radius 2 is 1.66 bits per heavy atom. The van der Waals surface area contributed by atoms with Gasteiger partial charge in [0, 0.05) is 13.0 Å². The van der Waals surface area contributed by atoms with Gasteiger partial charge in [-0.25, -0.2) is 0 Å². The molecule has 0 aliphatic rings. The highest BCUT2D eigenvalue weighted by molar-refractivity contribution is 5.83. The van der Waals surface area contributed by atoms with Gasteiger partial charge in [-0.15, -0.1) is 0 Å². The predicted molar refractivity (Wildman–Crippen MR) is 109 cm³/mol. The van der Waals surface area contributed by atoms with Gasteiger partial charge in [-0.3, -0.25) is 4.79 Å². The first-order chi connectivity index (χ1) is 14.0. The number of nitrogens with one attached hydrogen (secondary N) is 1. The van der Waals surface area contributed by atoms with Crippen molar-refractivity contribution in [3.8, 4) is 11.5 Å². The molecule has 3 aromatic carbocycles. The molecule has 0 heterocycles. The number of methoxy groups -OCH3 is 1. The van der Waals surface area contributed by atoms with E-state index in [9.17, 15) is 13.6 Å². The average molecular weight is 399 g/mol. The molecule has 0 spiro atoms. The number of carbonyl (C=O) groups is 1. The Kier molecular flexibility index (Phi) is 7.00. The maximum absolute atomic E-state index is 12.5. The highest BCUT2D eigenvalue weighted by Gasteiger charge is 2.11. The number of fused-ring (bicyclic) bond motifs is 1. The van der Waals surface area contributed by atoms with E-state index in [-0.39, 0.29) is 17.4 Å². The van der Waals surface area contributed by atoms with Gasteiger partial charge in [-0.2, -0.15) is 8.78 Å². The lowest BCUT2D eigenvalue weighted by atomic mass is 10.0. The number of amides is 1. The standard InChI is InChI=1S/C23H23F2NO3/c1-28-20-10-7-17(15-21(20)29-23(24)25)12-13-26-22(27)11-8-16-6-9-18-4-2-3-5-19(18)14-16/h2-7,9-10,14-15,23H,8,11-13H2,1H3,(H,26,27). The first-order valence-electron chi connectivity index (χ1n) is 9.41. The molecule has 152 valence electrons. The summed E-state index contributed by atoms with van der Waals surface area (Å²) in [6.45, 7) is -2.51. The Hall–Kier alpha value is -3.15. The zero-order valence-corrected chi connectivity index (χ0v) is 16.2. The van der Waals surface area contributed by atoms with Gasteiger partial charge in [-0.1, -0.05) is 48.5 Å². The number of aryl methyl sites for hydroxylation is 1. The highest BCUT2D eigenvalue weighted by atomic mass is 19.3. The van der Waals surface area contributed by atoms with Gasteiger partial charge in [0.2, 0.25) is 5.91 Å². The fraction of sp³-hybridized carbons (Fsp3) is 0.261. The van der Waals surface area contributed by atoms with E-state index in [4.69, 9.17) is 4.74 Å². The molecular formula is C23H23F2NO3. The first kappa shape index (κ1) is 20.6. The van der Waals surface area contributed by atoms with E-state index in [0.717, 1.165) is 16.5 Å². The van der Waals surface area contributed by atoms with Crippen LogP contribution in [0, 0.1) is 0 Å². The smallest absolute Gasteiger partial charge is 0.387 e. The molecule has 0 aliphatic carbocycles. The fourth-order valence-electron chi connectivity index (χ4n) is 3.15. The summed E-state index contributed by atoms with van der Waals surface area (Å²) >= 11 is 0. The Balaban J connectivity index is 1.48. The van der Waals surface area contributed by atoms with E-state index in [2.05, 4.69) is 34.3 Å². The summed E-state index contributed by atoms with van der Waals surface area (Å²) in [4.78, 5) is 12.1. The number of benzene rings is 3. The third kappa shape index (κ3) is 5.91. The van der Waals surface area contributed by atoms with Crippen molar-refractivity contribution in [2.24, 2.45) is 0 Å². The van der Waals surface area contributed by atoms with Crippen molar-refractivity contribution in [1.29, 1.82) is 0 Å². The minimum Gasteiger partial charge on any atom is -0.493 e. The van der Waals surface area contributed by atoms with Gasteiger partial charge >= 0.3 is 6.61 Å². The van der Waals surface area contributed by atoms with Gasteiger partial charge in [0.05, 0.1) is 7.11 Å². The minimum atomic E-state index is -2.92. The van der Waals surface area contributed by atoms with E-state index in [0.29, 0.717) is 25.8 Å². The van der Waals surface area contributed by atoms with E-state index < -0.39 is 6.61 Å². The Labute approximate surface area is 168 Å². The van der Waals surface area contributed by atoms with E-state index in [1.807, 2.05) is 18.2 Å². The summed E-state index contributed by atoms with van der Waals surface area (Å²) in [5.74, 6) is 0.187. The topological polar surface area (TPSA) is 47.6 Å². The minimum absolute atomic E-state index is 0.0115. The molecule has 3 aromatic rings. The van der Waals surface area contributed by atoms with Crippen molar-refractivity contribution in [2.45, 2.75) is 25.9 Å². The number of carbonyl (C=O) groups excluding carboxylic acids is 1.